The molecule has 0 saturated heterocycles. The first-order valence-electron chi connectivity index (χ1n) is 9.86. The number of aromatic nitrogens is 2. The second-order valence-corrected chi connectivity index (χ2v) is 7.78. The molecule has 6 nitrogen and oxygen atoms in total. The van der Waals surface area contributed by atoms with Gasteiger partial charge in [0.2, 0.25) is 0 Å². The molecule has 0 bridgehead atoms. The second kappa shape index (κ2) is 10.3. The van der Waals surface area contributed by atoms with Crippen molar-refractivity contribution in [2.45, 2.75) is 37.8 Å². The van der Waals surface area contributed by atoms with E-state index in [4.69, 9.17) is 4.42 Å². The molecule has 0 aliphatic carbocycles. The van der Waals surface area contributed by atoms with E-state index in [0.717, 1.165) is 36.1 Å². The van der Waals surface area contributed by atoms with Crippen molar-refractivity contribution in [1.82, 2.24) is 19.8 Å². The minimum Gasteiger partial charge on any atom is -0.455 e. The lowest BCUT2D eigenvalue weighted by Gasteiger charge is -2.18. The van der Waals surface area contributed by atoms with E-state index in [1.807, 2.05) is 36.0 Å². The maximum absolute atomic E-state index is 12.4. The molecule has 1 aromatic carbocycles. The zero-order chi connectivity index (χ0) is 20.6. The second-order valence-electron chi connectivity index (χ2n) is 6.84. The normalized spacial score (nSPS) is 11.2. The van der Waals surface area contributed by atoms with E-state index in [-0.39, 0.29) is 5.91 Å². The summed E-state index contributed by atoms with van der Waals surface area (Å²) in [5.74, 6) is 1.52. The first-order valence-corrected chi connectivity index (χ1v) is 10.8. The monoisotopic (exact) mass is 412 g/mol. The Bertz CT molecular complexity index is 930. The van der Waals surface area contributed by atoms with Gasteiger partial charge in [-0.1, -0.05) is 49.9 Å². The highest BCUT2D eigenvalue weighted by molar-refractivity contribution is 7.98. The predicted octanol–water partition coefficient (Wildman–Crippen LogP) is 4.08. The van der Waals surface area contributed by atoms with Gasteiger partial charge in [-0.2, -0.15) is 0 Å². The number of furan rings is 1. The van der Waals surface area contributed by atoms with Crippen molar-refractivity contribution < 1.29 is 9.21 Å². The van der Waals surface area contributed by atoms with Crippen LogP contribution in [-0.4, -0.2) is 33.4 Å². The summed E-state index contributed by atoms with van der Waals surface area (Å²) in [4.78, 5) is 19.1. The molecule has 29 heavy (non-hydrogen) atoms. The van der Waals surface area contributed by atoms with Gasteiger partial charge in [-0.05, 0) is 36.3 Å². The number of aryl methyl sites for hydroxylation is 1. The van der Waals surface area contributed by atoms with Crippen LogP contribution in [0.4, 0.5) is 0 Å². The molecule has 1 amide bonds. The average Bonchev–Trinajstić information content (AvgIpc) is 3.38. The number of nitrogens with zero attached hydrogens (tertiary/aromatic N) is 3. The van der Waals surface area contributed by atoms with E-state index >= 15 is 0 Å². The number of benzene rings is 1. The Kier molecular flexibility index (Phi) is 7.55. The Morgan fingerprint density at radius 3 is 2.72 bits per heavy atom. The molecule has 3 rings (SSSR count). The zero-order valence-electron chi connectivity index (χ0n) is 17.2. The molecular formula is C22H28N4O2S. The quantitative estimate of drug-likeness (QED) is 0.509. The summed E-state index contributed by atoms with van der Waals surface area (Å²) < 4.78 is 7.65. The van der Waals surface area contributed by atoms with Crippen molar-refractivity contribution >= 4 is 17.7 Å². The van der Waals surface area contributed by atoms with E-state index in [1.54, 1.807) is 24.0 Å². The molecule has 0 saturated carbocycles. The van der Waals surface area contributed by atoms with Crippen molar-refractivity contribution in [2.24, 2.45) is 7.05 Å². The summed E-state index contributed by atoms with van der Waals surface area (Å²) in [5.41, 5.74) is 2.34. The summed E-state index contributed by atoms with van der Waals surface area (Å²) >= 11 is 1.57. The van der Waals surface area contributed by atoms with Crippen LogP contribution >= 0.6 is 11.8 Å². The molecule has 7 heteroatoms. The topological polar surface area (TPSA) is 63.3 Å². The van der Waals surface area contributed by atoms with E-state index in [2.05, 4.69) is 41.2 Å². The number of thioether (sulfide) groups is 1. The standard InChI is InChI=1S/C22H28N4O2S/c1-4-26(5-2)15-18-8-6-7-17(13-18)14-24-21(27)20-10-9-19(28-20)16-29-22-23-11-12-25(22)3/h6-13H,4-5,14-16H2,1-3H3,(H,24,27). The van der Waals surface area contributed by atoms with Gasteiger partial charge in [-0.15, -0.1) is 0 Å². The largest absolute Gasteiger partial charge is 0.455 e. The summed E-state index contributed by atoms with van der Waals surface area (Å²) in [7, 11) is 1.95. The van der Waals surface area contributed by atoms with Crippen molar-refractivity contribution in [3.8, 4) is 0 Å². The van der Waals surface area contributed by atoms with Crippen LogP contribution in [0.2, 0.25) is 0 Å². The molecule has 0 radical (unpaired) electrons. The molecule has 0 spiro atoms. The average molecular weight is 413 g/mol. The number of carbonyl (C=O) groups excluding carboxylic acids is 1. The first kappa shape index (κ1) is 21.2. The third-order valence-electron chi connectivity index (χ3n) is 4.75. The number of nitrogens with one attached hydrogen (secondary N) is 1. The minimum atomic E-state index is -0.201. The Morgan fingerprint density at radius 2 is 2.00 bits per heavy atom. The van der Waals surface area contributed by atoms with E-state index in [1.165, 1.54) is 5.56 Å². The molecule has 154 valence electrons. The Balaban J connectivity index is 1.52. The molecule has 3 aromatic rings. The fourth-order valence-electron chi connectivity index (χ4n) is 3.02. The van der Waals surface area contributed by atoms with Gasteiger partial charge in [0.25, 0.3) is 5.91 Å². The number of rotatable bonds is 10. The molecule has 0 aliphatic heterocycles. The van der Waals surface area contributed by atoms with Gasteiger partial charge in [0.15, 0.2) is 10.9 Å². The third-order valence-corrected chi connectivity index (χ3v) is 5.83. The fraction of sp³-hybridized carbons (Fsp3) is 0.364. The number of imidazole rings is 1. The van der Waals surface area contributed by atoms with Crippen molar-refractivity contribution in [3.63, 3.8) is 0 Å². The minimum absolute atomic E-state index is 0.201. The fourth-order valence-corrected chi connectivity index (χ4v) is 3.84. The molecule has 2 aromatic heterocycles. The number of hydrogen-bond donors (Lipinski definition) is 1. The first-order chi connectivity index (χ1) is 14.1. The lowest BCUT2D eigenvalue weighted by atomic mass is 10.1. The van der Waals surface area contributed by atoms with Gasteiger partial charge >= 0.3 is 0 Å². The lowest BCUT2D eigenvalue weighted by molar-refractivity contribution is 0.0921. The molecule has 0 fully saturated rings. The summed E-state index contributed by atoms with van der Waals surface area (Å²) in [5, 5.41) is 3.86. The van der Waals surface area contributed by atoms with Crippen LogP contribution < -0.4 is 5.32 Å². The van der Waals surface area contributed by atoms with Gasteiger partial charge in [0.1, 0.15) is 5.76 Å². The van der Waals surface area contributed by atoms with Crippen LogP contribution in [0.5, 0.6) is 0 Å². The summed E-state index contributed by atoms with van der Waals surface area (Å²) in [6.45, 7) is 7.78. The van der Waals surface area contributed by atoms with Gasteiger partial charge in [-0.25, -0.2) is 4.98 Å². The maximum atomic E-state index is 12.4. The van der Waals surface area contributed by atoms with Crippen LogP contribution in [0.3, 0.4) is 0 Å². The molecular weight excluding hydrogens is 384 g/mol. The number of amides is 1. The lowest BCUT2D eigenvalue weighted by Crippen LogP contribution is -2.23. The molecule has 2 heterocycles. The highest BCUT2D eigenvalue weighted by Gasteiger charge is 2.12. The van der Waals surface area contributed by atoms with Gasteiger partial charge in [0, 0.05) is 32.5 Å². The highest BCUT2D eigenvalue weighted by atomic mass is 32.2. The van der Waals surface area contributed by atoms with Gasteiger partial charge in [-0.3, -0.25) is 9.69 Å². The number of carbonyl (C=O) groups is 1. The van der Waals surface area contributed by atoms with E-state index < -0.39 is 0 Å². The van der Waals surface area contributed by atoms with E-state index in [0.29, 0.717) is 18.1 Å². The SMILES string of the molecule is CCN(CC)Cc1cccc(CNC(=O)c2ccc(CSc3nccn3C)o2)c1. The molecule has 1 N–H and O–H groups in total. The van der Waals surface area contributed by atoms with Gasteiger partial charge < -0.3 is 14.3 Å². The van der Waals surface area contributed by atoms with Crippen LogP contribution in [0.1, 0.15) is 41.3 Å². The Morgan fingerprint density at radius 1 is 1.21 bits per heavy atom. The third kappa shape index (κ3) is 5.98. The smallest absolute Gasteiger partial charge is 0.287 e. The van der Waals surface area contributed by atoms with Crippen LogP contribution in [0.15, 0.2) is 58.4 Å². The van der Waals surface area contributed by atoms with Crippen molar-refractivity contribution in [3.05, 3.63) is 71.4 Å². The van der Waals surface area contributed by atoms with Crippen LogP contribution in [-0.2, 0) is 25.9 Å². The van der Waals surface area contributed by atoms with Crippen LogP contribution in [0, 0.1) is 0 Å². The molecule has 0 unspecified atom stereocenters. The van der Waals surface area contributed by atoms with Crippen molar-refractivity contribution in [2.75, 3.05) is 13.1 Å². The van der Waals surface area contributed by atoms with Crippen LogP contribution in [0.25, 0.3) is 0 Å². The summed E-state index contributed by atoms with van der Waals surface area (Å²) in [6.07, 6.45) is 3.67. The molecule has 0 atom stereocenters. The Labute approximate surface area is 176 Å². The number of hydrogen-bond acceptors (Lipinski definition) is 5. The van der Waals surface area contributed by atoms with Crippen molar-refractivity contribution in [1.29, 1.82) is 0 Å². The predicted molar refractivity (Wildman–Crippen MR) is 116 cm³/mol. The zero-order valence-corrected chi connectivity index (χ0v) is 18.0. The maximum Gasteiger partial charge on any atom is 0.287 e. The van der Waals surface area contributed by atoms with Gasteiger partial charge in [0.05, 0.1) is 5.75 Å². The Hall–Kier alpha value is -2.51. The highest BCUT2D eigenvalue weighted by Crippen LogP contribution is 2.22. The molecule has 0 aliphatic rings. The summed E-state index contributed by atoms with van der Waals surface area (Å²) in [6, 6.07) is 11.9. The van der Waals surface area contributed by atoms with E-state index in [9.17, 15) is 4.79 Å².